The number of hydrogen-bond acceptors (Lipinski definition) is 6. The van der Waals surface area contributed by atoms with Crippen molar-refractivity contribution in [2.24, 2.45) is 7.05 Å². The van der Waals surface area contributed by atoms with E-state index in [-0.39, 0.29) is 0 Å². The Bertz CT molecular complexity index is 946. The van der Waals surface area contributed by atoms with Crippen molar-refractivity contribution in [3.8, 4) is 21.4 Å². The monoisotopic (exact) mass is 380 g/mol. The lowest BCUT2D eigenvalue weighted by Gasteiger charge is -1.96. The van der Waals surface area contributed by atoms with Crippen molar-refractivity contribution in [2.45, 2.75) is 6.92 Å². The van der Waals surface area contributed by atoms with Gasteiger partial charge in [0, 0.05) is 7.05 Å². The number of nitrogens with zero attached hydrogens (tertiary/aromatic N) is 6. The van der Waals surface area contributed by atoms with Crippen LogP contribution in [-0.2, 0) is 7.05 Å². The summed E-state index contributed by atoms with van der Waals surface area (Å²) >= 11 is 6.66. The van der Waals surface area contributed by atoms with Gasteiger partial charge >= 0.3 is 0 Å². The number of aryl methyl sites for hydroxylation is 2. The van der Waals surface area contributed by atoms with E-state index in [0.29, 0.717) is 5.82 Å². The molecule has 0 saturated heterocycles. The molecule has 0 aliphatic rings. The zero-order chi connectivity index (χ0) is 14.6. The fourth-order valence-electron chi connectivity index (χ4n) is 2.13. The zero-order valence-electron chi connectivity index (χ0n) is 11.1. The first-order chi connectivity index (χ1) is 10.1. The predicted octanol–water partition coefficient (Wildman–Crippen LogP) is 3.39. The summed E-state index contributed by atoms with van der Waals surface area (Å²) in [5.41, 5.74) is 1.85. The van der Waals surface area contributed by atoms with Crippen LogP contribution in [0.4, 0.5) is 0 Å². The number of thiophene rings is 1. The first-order valence-electron chi connectivity index (χ1n) is 6.11. The lowest BCUT2D eigenvalue weighted by molar-refractivity contribution is 0.754. The van der Waals surface area contributed by atoms with Crippen LogP contribution in [0.25, 0.3) is 26.4 Å². The van der Waals surface area contributed by atoms with Crippen LogP contribution >= 0.6 is 38.6 Å². The summed E-state index contributed by atoms with van der Waals surface area (Å²) in [4.78, 5) is 1.90. The van der Waals surface area contributed by atoms with Crippen molar-refractivity contribution in [3.05, 3.63) is 27.7 Å². The standard InChI is InChI=1S/C12H9BrN6S2/c1-6-5-7(18(2)16-6)10-14-15-12-19(10)17-11(21-12)8-3-4-9(13)20-8/h3-5H,1-2H3. The maximum atomic E-state index is 4.64. The number of rotatable bonds is 2. The van der Waals surface area contributed by atoms with E-state index >= 15 is 0 Å². The fraction of sp³-hybridized carbons (Fsp3) is 0.167. The van der Waals surface area contributed by atoms with Crippen LogP contribution in [0.2, 0.25) is 0 Å². The molecular weight excluding hydrogens is 372 g/mol. The number of hydrogen-bond donors (Lipinski definition) is 0. The van der Waals surface area contributed by atoms with E-state index in [1.807, 2.05) is 32.2 Å². The highest BCUT2D eigenvalue weighted by Gasteiger charge is 2.17. The SMILES string of the molecule is Cc1cc(-c2nnc3sc(-c4ccc(Br)s4)nn23)n(C)n1. The van der Waals surface area contributed by atoms with Gasteiger partial charge in [0.05, 0.1) is 14.4 Å². The Kier molecular flexibility index (Phi) is 2.95. The van der Waals surface area contributed by atoms with Gasteiger partial charge in [0.15, 0.2) is 5.01 Å². The predicted molar refractivity (Wildman–Crippen MR) is 86.6 cm³/mol. The molecule has 0 bridgehead atoms. The zero-order valence-corrected chi connectivity index (χ0v) is 14.3. The molecule has 0 fully saturated rings. The Morgan fingerprint density at radius 2 is 2.00 bits per heavy atom. The molecule has 4 aromatic heterocycles. The summed E-state index contributed by atoms with van der Waals surface area (Å²) in [5, 5.41) is 18.4. The van der Waals surface area contributed by atoms with Crippen LogP contribution in [0, 0.1) is 6.92 Å². The van der Waals surface area contributed by atoms with Gasteiger partial charge in [0.2, 0.25) is 10.8 Å². The van der Waals surface area contributed by atoms with E-state index in [0.717, 1.165) is 30.0 Å². The van der Waals surface area contributed by atoms with Crippen LogP contribution in [0.5, 0.6) is 0 Å². The lowest BCUT2D eigenvalue weighted by Crippen LogP contribution is -1.98. The minimum Gasteiger partial charge on any atom is -0.264 e. The summed E-state index contributed by atoms with van der Waals surface area (Å²) in [6, 6.07) is 6.05. The van der Waals surface area contributed by atoms with Crippen LogP contribution in [0.1, 0.15) is 5.69 Å². The summed E-state index contributed by atoms with van der Waals surface area (Å²) in [7, 11) is 1.90. The largest absolute Gasteiger partial charge is 0.264 e. The second-order valence-electron chi connectivity index (χ2n) is 4.52. The molecular formula is C12H9BrN6S2. The molecule has 0 amide bonds. The topological polar surface area (TPSA) is 60.9 Å². The van der Waals surface area contributed by atoms with Gasteiger partial charge in [-0.05, 0) is 41.1 Å². The van der Waals surface area contributed by atoms with E-state index in [1.165, 1.54) is 11.3 Å². The molecule has 106 valence electrons. The molecule has 0 spiro atoms. The van der Waals surface area contributed by atoms with Gasteiger partial charge in [-0.15, -0.1) is 21.5 Å². The molecule has 0 atom stereocenters. The van der Waals surface area contributed by atoms with E-state index < -0.39 is 0 Å². The Balaban J connectivity index is 1.88. The Morgan fingerprint density at radius 1 is 1.14 bits per heavy atom. The highest BCUT2D eigenvalue weighted by Crippen LogP contribution is 2.34. The first kappa shape index (κ1) is 13.1. The van der Waals surface area contributed by atoms with Crippen molar-refractivity contribution in [1.82, 2.24) is 29.6 Å². The Morgan fingerprint density at radius 3 is 2.67 bits per heavy atom. The van der Waals surface area contributed by atoms with Crippen molar-refractivity contribution in [2.75, 3.05) is 0 Å². The smallest absolute Gasteiger partial charge is 0.235 e. The van der Waals surface area contributed by atoms with E-state index in [9.17, 15) is 0 Å². The molecule has 9 heteroatoms. The third-order valence-corrected chi connectivity index (χ3v) is 5.70. The third-order valence-electron chi connectivity index (χ3n) is 3.01. The number of aromatic nitrogens is 6. The van der Waals surface area contributed by atoms with Crippen molar-refractivity contribution >= 4 is 43.6 Å². The third kappa shape index (κ3) is 2.12. The van der Waals surface area contributed by atoms with Gasteiger partial charge in [0.25, 0.3) is 0 Å². The minimum atomic E-state index is 0.714. The van der Waals surface area contributed by atoms with Gasteiger partial charge in [-0.3, -0.25) is 4.68 Å². The van der Waals surface area contributed by atoms with Gasteiger partial charge in [-0.2, -0.15) is 14.7 Å². The molecule has 0 N–H and O–H groups in total. The maximum Gasteiger partial charge on any atom is 0.235 e. The van der Waals surface area contributed by atoms with Gasteiger partial charge in [-0.25, -0.2) is 0 Å². The van der Waals surface area contributed by atoms with E-state index in [4.69, 9.17) is 0 Å². The summed E-state index contributed by atoms with van der Waals surface area (Å²) < 4.78 is 4.67. The quantitative estimate of drug-likeness (QED) is 0.534. The van der Waals surface area contributed by atoms with E-state index in [2.05, 4.69) is 36.3 Å². The molecule has 21 heavy (non-hydrogen) atoms. The molecule has 0 saturated carbocycles. The second-order valence-corrected chi connectivity index (χ2v) is 7.94. The number of halogens is 1. The number of fused-ring (bicyclic) bond motifs is 1. The molecule has 0 aromatic carbocycles. The summed E-state index contributed by atoms with van der Waals surface area (Å²) in [6.45, 7) is 1.96. The van der Waals surface area contributed by atoms with Crippen LogP contribution in [0.3, 0.4) is 0 Å². The van der Waals surface area contributed by atoms with Gasteiger partial charge in [-0.1, -0.05) is 11.3 Å². The molecule has 4 heterocycles. The van der Waals surface area contributed by atoms with Crippen molar-refractivity contribution in [3.63, 3.8) is 0 Å². The highest BCUT2D eigenvalue weighted by molar-refractivity contribution is 9.11. The molecule has 6 nitrogen and oxygen atoms in total. The molecule has 0 radical (unpaired) electrons. The maximum absolute atomic E-state index is 4.64. The van der Waals surface area contributed by atoms with Crippen LogP contribution in [-0.4, -0.2) is 29.6 Å². The van der Waals surface area contributed by atoms with Gasteiger partial charge in [0.1, 0.15) is 5.69 Å². The molecule has 0 unspecified atom stereocenters. The van der Waals surface area contributed by atoms with Gasteiger partial charge < -0.3 is 0 Å². The van der Waals surface area contributed by atoms with E-state index in [1.54, 1.807) is 20.5 Å². The molecule has 4 rings (SSSR count). The molecule has 0 aliphatic heterocycles. The van der Waals surface area contributed by atoms with Crippen molar-refractivity contribution in [1.29, 1.82) is 0 Å². The Labute approximate surface area is 136 Å². The Hall–Kier alpha value is -1.58. The lowest BCUT2D eigenvalue weighted by atomic mass is 10.3. The molecule has 0 aliphatic carbocycles. The van der Waals surface area contributed by atoms with Crippen LogP contribution < -0.4 is 0 Å². The summed E-state index contributed by atoms with van der Waals surface area (Å²) in [5.74, 6) is 0.714. The highest BCUT2D eigenvalue weighted by atomic mass is 79.9. The summed E-state index contributed by atoms with van der Waals surface area (Å²) in [6.07, 6.45) is 0. The minimum absolute atomic E-state index is 0.714. The van der Waals surface area contributed by atoms with Crippen LogP contribution in [0.15, 0.2) is 22.0 Å². The molecule has 4 aromatic rings. The fourth-order valence-corrected chi connectivity index (χ4v) is 4.40. The second kappa shape index (κ2) is 4.72. The average molecular weight is 381 g/mol. The average Bonchev–Trinajstić information content (AvgIpc) is 3.13. The normalized spacial score (nSPS) is 11.6. The van der Waals surface area contributed by atoms with Crippen molar-refractivity contribution < 1.29 is 0 Å². The first-order valence-corrected chi connectivity index (χ1v) is 8.53.